The first kappa shape index (κ1) is 24.1. The zero-order valence-electron chi connectivity index (χ0n) is 16.9. The number of carbonyl (C=O) groups is 1. The van der Waals surface area contributed by atoms with Gasteiger partial charge >= 0.3 is 6.18 Å². The third-order valence-electron chi connectivity index (χ3n) is 5.67. The van der Waals surface area contributed by atoms with Crippen molar-refractivity contribution < 1.29 is 35.7 Å². The van der Waals surface area contributed by atoms with Crippen LogP contribution in [0.2, 0.25) is 0 Å². The summed E-state index contributed by atoms with van der Waals surface area (Å²) >= 11 is 0. The standard InChI is InChI=1S/C21H21F5N2O3S/c1-31-19-15(7-8-17(22)18(19)23)14-6-5-11(21(24,25)26)9-16(14)20(29)28-12-3-2-4-13(10-12)32(27)30/h2-4,7-8,10-11,14,16H,5-6,9,27H2,1H3,(H,28,29)/t11-,14-,16?,32?/m0/s1. The molecule has 1 amide bonds. The third-order valence-corrected chi connectivity index (χ3v) is 6.39. The zero-order chi connectivity index (χ0) is 23.6. The van der Waals surface area contributed by atoms with E-state index in [0.717, 1.165) is 13.2 Å². The summed E-state index contributed by atoms with van der Waals surface area (Å²) in [6, 6.07) is 7.88. The molecule has 2 unspecified atom stereocenters. The van der Waals surface area contributed by atoms with E-state index in [9.17, 15) is 31.0 Å². The monoisotopic (exact) mass is 476 g/mol. The molecule has 1 aliphatic rings. The number of hydrogen-bond donors (Lipinski definition) is 2. The van der Waals surface area contributed by atoms with E-state index >= 15 is 0 Å². The van der Waals surface area contributed by atoms with Gasteiger partial charge in [-0.15, -0.1) is 0 Å². The summed E-state index contributed by atoms with van der Waals surface area (Å²) < 4.78 is 84.6. The van der Waals surface area contributed by atoms with E-state index in [2.05, 4.69) is 5.32 Å². The van der Waals surface area contributed by atoms with Crippen LogP contribution in [0.25, 0.3) is 0 Å². The van der Waals surface area contributed by atoms with Gasteiger partial charge in [-0.1, -0.05) is 12.1 Å². The number of methoxy groups -OCH3 is 1. The number of benzene rings is 2. The molecule has 2 aromatic rings. The molecule has 0 aromatic heterocycles. The molecule has 4 atom stereocenters. The molecule has 0 aliphatic heterocycles. The highest BCUT2D eigenvalue weighted by atomic mass is 32.2. The predicted molar refractivity (Wildman–Crippen MR) is 108 cm³/mol. The Balaban J connectivity index is 1.97. The number of ether oxygens (including phenoxy) is 1. The van der Waals surface area contributed by atoms with Gasteiger partial charge in [-0.25, -0.2) is 13.7 Å². The van der Waals surface area contributed by atoms with Crippen molar-refractivity contribution in [3.05, 3.63) is 53.6 Å². The molecule has 5 nitrogen and oxygen atoms in total. The number of halogens is 5. The number of rotatable bonds is 5. The quantitative estimate of drug-likeness (QED) is 0.617. The van der Waals surface area contributed by atoms with Crippen LogP contribution in [0.15, 0.2) is 41.3 Å². The Morgan fingerprint density at radius 2 is 1.91 bits per heavy atom. The van der Waals surface area contributed by atoms with Crippen molar-refractivity contribution >= 4 is 22.6 Å². The molecular formula is C21H21F5N2O3S. The molecule has 1 saturated carbocycles. The Morgan fingerprint density at radius 3 is 2.53 bits per heavy atom. The van der Waals surface area contributed by atoms with Gasteiger partial charge in [-0.05, 0) is 49.4 Å². The first-order valence-corrected chi connectivity index (χ1v) is 10.9. The summed E-state index contributed by atoms with van der Waals surface area (Å²) in [5.74, 6) is -7.32. The van der Waals surface area contributed by atoms with Gasteiger partial charge in [0.15, 0.2) is 11.6 Å². The molecule has 0 heterocycles. The van der Waals surface area contributed by atoms with Gasteiger partial charge in [0, 0.05) is 17.2 Å². The number of alkyl halides is 3. The van der Waals surface area contributed by atoms with Crippen molar-refractivity contribution in [3.8, 4) is 5.75 Å². The Labute approximate surface area is 183 Å². The molecule has 0 saturated heterocycles. The molecule has 0 spiro atoms. The van der Waals surface area contributed by atoms with Gasteiger partial charge < -0.3 is 10.1 Å². The smallest absolute Gasteiger partial charge is 0.391 e. The number of nitrogens with one attached hydrogen (secondary N) is 1. The van der Waals surface area contributed by atoms with Crippen LogP contribution in [0.5, 0.6) is 5.75 Å². The average molecular weight is 476 g/mol. The lowest BCUT2D eigenvalue weighted by Crippen LogP contribution is -2.38. The topological polar surface area (TPSA) is 81.4 Å². The minimum Gasteiger partial charge on any atom is -0.493 e. The third kappa shape index (κ3) is 5.09. The highest BCUT2D eigenvalue weighted by Gasteiger charge is 2.47. The van der Waals surface area contributed by atoms with E-state index in [1.165, 1.54) is 30.3 Å². The van der Waals surface area contributed by atoms with Gasteiger partial charge in [0.25, 0.3) is 0 Å². The van der Waals surface area contributed by atoms with Gasteiger partial charge in [-0.2, -0.15) is 17.6 Å². The summed E-state index contributed by atoms with van der Waals surface area (Å²) in [5.41, 5.74) is 0.334. The molecule has 3 rings (SSSR count). The van der Waals surface area contributed by atoms with E-state index in [4.69, 9.17) is 9.88 Å². The normalized spacial score (nSPS) is 22.3. The van der Waals surface area contributed by atoms with Gasteiger partial charge in [-0.3, -0.25) is 4.79 Å². The van der Waals surface area contributed by atoms with E-state index < -0.39 is 64.6 Å². The van der Waals surface area contributed by atoms with Crippen LogP contribution in [0.4, 0.5) is 27.6 Å². The molecule has 2 aromatic carbocycles. The fraction of sp³-hybridized carbons (Fsp3) is 0.381. The largest absolute Gasteiger partial charge is 0.493 e. The molecule has 32 heavy (non-hydrogen) atoms. The number of nitrogens with two attached hydrogens (primary N) is 1. The Kier molecular flexibility index (Phi) is 7.19. The molecule has 11 heteroatoms. The SMILES string of the molecule is COc1c([C@@H]2CC[C@H](C(F)(F)F)CC2C(=O)Nc2cccc(S(N)=O)c2)ccc(F)c1F. The van der Waals surface area contributed by atoms with E-state index in [1.807, 2.05) is 0 Å². The van der Waals surface area contributed by atoms with Crippen molar-refractivity contribution in [2.75, 3.05) is 12.4 Å². The van der Waals surface area contributed by atoms with Crippen molar-refractivity contribution in [1.82, 2.24) is 0 Å². The minimum atomic E-state index is -4.50. The van der Waals surface area contributed by atoms with Crippen LogP contribution in [0.3, 0.4) is 0 Å². The van der Waals surface area contributed by atoms with Crippen LogP contribution >= 0.6 is 0 Å². The predicted octanol–water partition coefficient (Wildman–Crippen LogP) is 4.66. The van der Waals surface area contributed by atoms with Crippen molar-refractivity contribution in [3.63, 3.8) is 0 Å². The van der Waals surface area contributed by atoms with Crippen LogP contribution in [-0.4, -0.2) is 23.4 Å². The number of anilines is 1. The van der Waals surface area contributed by atoms with E-state index in [1.54, 1.807) is 0 Å². The lowest BCUT2D eigenvalue weighted by Gasteiger charge is -2.37. The van der Waals surface area contributed by atoms with E-state index in [0.29, 0.717) is 0 Å². The van der Waals surface area contributed by atoms with Gasteiger partial charge in [0.2, 0.25) is 11.7 Å². The van der Waals surface area contributed by atoms with Gasteiger partial charge in [0.05, 0.1) is 17.9 Å². The maximum Gasteiger partial charge on any atom is 0.391 e. The molecule has 0 bridgehead atoms. The number of hydrogen-bond acceptors (Lipinski definition) is 3. The fourth-order valence-corrected chi connectivity index (χ4v) is 4.57. The van der Waals surface area contributed by atoms with E-state index in [-0.39, 0.29) is 29.0 Å². The Bertz CT molecular complexity index is 1030. The van der Waals surface area contributed by atoms with Crippen LogP contribution < -0.4 is 15.2 Å². The summed E-state index contributed by atoms with van der Waals surface area (Å²) in [7, 11) is -0.695. The Morgan fingerprint density at radius 1 is 1.19 bits per heavy atom. The summed E-state index contributed by atoms with van der Waals surface area (Å²) in [6.07, 6.45) is -5.36. The van der Waals surface area contributed by atoms with Crippen LogP contribution in [-0.2, 0) is 15.8 Å². The lowest BCUT2D eigenvalue weighted by atomic mass is 9.70. The molecule has 0 radical (unpaired) electrons. The van der Waals surface area contributed by atoms with Crippen LogP contribution in [0.1, 0.15) is 30.7 Å². The Hall–Kier alpha value is -2.53. The highest BCUT2D eigenvalue weighted by Crippen LogP contribution is 2.48. The fourth-order valence-electron chi connectivity index (χ4n) is 4.11. The van der Waals surface area contributed by atoms with Gasteiger partial charge in [0.1, 0.15) is 11.0 Å². The minimum absolute atomic E-state index is 0.0729. The van der Waals surface area contributed by atoms with Crippen LogP contribution in [0, 0.1) is 23.5 Å². The second-order valence-electron chi connectivity index (χ2n) is 7.56. The zero-order valence-corrected chi connectivity index (χ0v) is 17.7. The summed E-state index contributed by atoms with van der Waals surface area (Å²) in [4.78, 5) is 13.3. The maximum atomic E-state index is 14.3. The van der Waals surface area contributed by atoms with Crippen molar-refractivity contribution in [2.24, 2.45) is 17.0 Å². The van der Waals surface area contributed by atoms with Crippen molar-refractivity contribution in [1.29, 1.82) is 0 Å². The maximum absolute atomic E-state index is 14.3. The lowest BCUT2D eigenvalue weighted by molar-refractivity contribution is -0.187. The molecule has 1 aliphatic carbocycles. The summed E-state index contributed by atoms with van der Waals surface area (Å²) in [6.45, 7) is 0. The number of carbonyl (C=O) groups excluding carboxylic acids is 1. The second-order valence-corrected chi connectivity index (χ2v) is 8.63. The van der Waals surface area contributed by atoms with Crippen molar-refractivity contribution in [2.45, 2.75) is 36.3 Å². The molecule has 174 valence electrons. The molecule has 3 N–H and O–H groups in total. The average Bonchev–Trinajstić information content (AvgIpc) is 2.74. The first-order chi connectivity index (χ1) is 15.0. The molecule has 1 fully saturated rings. The number of amides is 1. The second kappa shape index (κ2) is 9.53. The first-order valence-electron chi connectivity index (χ1n) is 9.68. The summed E-state index contributed by atoms with van der Waals surface area (Å²) in [5, 5.41) is 7.87. The molecular weight excluding hydrogens is 455 g/mol. The highest BCUT2D eigenvalue weighted by molar-refractivity contribution is 7.82.